The Bertz CT molecular complexity index is 1390. The topological polar surface area (TPSA) is 55.6 Å². The maximum Gasteiger partial charge on any atom is 0.316 e. The highest BCUT2D eigenvalue weighted by Crippen LogP contribution is 2.36. The summed E-state index contributed by atoms with van der Waals surface area (Å²) in [6.07, 6.45) is 2.26. The van der Waals surface area contributed by atoms with E-state index in [4.69, 9.17) is 9.72 Å². The number of hydrogen-bond donors (Lipinski definition) is 1. The Morgan fingerprint density at radius 3 is 2.67 bits per heavy atom. The van der Waals surface area contributed by atoms with Crippen LogP contribution in [0.5, 0.6) is 5.75 Å². The second-order valence-corrected chi connectivity index (χ2v) is 8.84. The van der Waals surface area contributed by atoms with Crippen molar-refractivity contribution in [1.29, 1.82) is 0 Å². The third kappa shape index (κ3) is 4.66. The maximum atomic E-state index is 12.6. The Hall–Kier alpha value is -3.90. The number of aryl methyl sites for hydroxylation is 1. The lowest BCUT2D eigenvalue weighted by Gasteiger charge is -2.12. The normalized spacial score (nSPS) is 10.9. The zero-order valence-corrected chi connectivity index (χ0v) is 19.0. The van der Waals surface area contributed by atoms with Crippen LogP contribution in [0.4, 0.5) is 5.82 Å². The fraction of sp³-hybridized carbons (Fsp3) is 0.111. The van der Waals surface area contributed by atoms with Crippen molar-refractivity contribution in [3.63, 3.8) is 0 Å². The largest absolute Gasteiger partial charge is 0.426 e. The number of nitrogens with one attached hydrogen (secondary N) is 1. The van der Waals surface area contributed by atoms with Crippen molar-refractivity contribution in [3.8, 4) is 17.0 Å². The van der Waals surface area contributed by atoms with Gasteiger partial charge in [0.1, 0.15) is 22.9 Å². The molecule has 6 heteroatoms. The van der Waals surface area contributed by atoms with Crippen LogP contribution in [0.15, 0.2) is 90.4 Å². The van der Waals surface area contributed by atoms with Crippen LogP contribution in [0.1, 0.15) is 16.0 Å². The number of hydrogen-bond acceptors (Lipinski definition) is 5. The monoisotopic (exact) mass is 453 g/mol. The number of benzene rings is 2. The van der Waals surface area contributed by atoms with Crippen LogP contribution in [0.3, 0.4) is 0 Å². The standard InChI is InChI=1S/C27H23N3O2S/c1-19-13-14-30-24(16-19)29-26(27(30)28-18-20-8-3-2-4-9-20)22-11-5-6-12-23(22)32-25(31)17-21-10-7-15-33-21/h2-16,28H,17-18H2,1H3. The van der Waals surface area contributed by atoms with Crippen LogP contribution in [0.2, 0.25) is 0 Å². The van der Waals surface area contributed by atoms with E-state index in [1.165, 1.54) is 5.56 Å². The zero-order valence-electron chi connectivity index (χ0n) is 18.2. The van der Waals surface area contributed by atoms with E-state index in [-0.39, 0.29) is 12.4 Å². The number of carbonyl (C=O) groups excluding carboxylic acids is 1. The van der Waals surface area contributed by atoms with Crippen molar-refractivity contribution < 1.29 is 9.53 Å². The third-order valence-electron chi connectivity index (χ3n) is 5.35. The van der Waals surface area contributed by atoms with Gasteiger partial charge in [0, 0.05) is 23.2 Å². The smallest absolute Gasteiger partial charge is 0.316 e. The summed E-state index contributed by atoms with van der Waals surface area (Å²) in [5.74, 6) is 1.07. The molecule has 0 aliphatic carbocycles. The van der Waals surface area contributed by atoms with E-state index in [2.05, 4.69) is 23.5 Å². The highest BCUT2D eigenvalue weighted by Gasteiger charge is 2.19. The van der Waals surface area contributed by atoms with Gasteiger partial charge < -0.3 is 10.1 Å². The minimum Gasteiger partial charge on any atom is -0.426 e. The summed E-state index contributed by atoms with van der Waals surface area (Å²) in [5.41, 5.74) is 4.65. The first-order valence-corrected chi connectivity index (χ1v) is 11.6. The predicted molar refractivity (Wildman–Crippen MR) is 133 cm³/mol. The van der Waals surface area contributed by atoms with Crippen molar-refractivity contribution >= 4 is 28.8 Å². The molecule has 33 heavy (non-hydrogen) atoms. The predicted octanol–water partition coefficient (Wildman–Crippen LogP) is 6.13. The number of aromatic nitrogens is 2. The van der Waals surface area contributed by atoms with Gasteiger partial charge in [-0.2, -0.15) is 0 Å². The number of imidazole rings is 1. The van der Waals surface area contributed by atoms with Gasteiger partial charge in [0.15, 0.2) is 0 Å². The van der Waals surface area contributed by atoms with Crippen molar-refractivity contribution in [2.45, 2.75) is 19.9 Å². The Kier molecular flexibility index (Phi) is 5.91. The van der Waals surface area contributed by atoms with E-state index >= 15 is 0 Å². The third-order valence-corrected chi connectivity index (χ3v) is 6.23. The molecule has 0 bridgehead atoms. The molecule has 0 atom stereocenters. The molecule has 0 fully saturated rings. The maximum absolute atomic E-state index is 12.6. The summed E-state index contributed by atoms with van der Waals surface area (Å²) in [6, 6.07) is 25.8. The Balaban J connectivity index is 1.52. The van der Waals surface area contributed by atoms with Crippen molar-refractivity contribution in [1.82, 2.24) is 9.38 Å². The molecule has 0 aliphatic heterocycles. The van der Waals surface area contributed by atoms with E-state index < -0.39 is 0 Å². The fourth-order valence-electron chi connectivity index (χ4n) is 3.75. The Morgan fingerprint density at radius 1 is 1.03 bits per heavy atom. The summed E-state index contributed by atoms with van der Waals surface area (Å²) in [6.45, 7) is 2.70. The van der Waals surface area contributed by atoms with Gasteiger partial charge in [0.25, 0.3) is 0 Å². The summed E-state index contributed by atoms with van der Waals surface area (Å²) in [7, 11) is 0. The fourth-order valence-corrected chi connectivity index (χ4v) is 4.44. The number of ether oxygens (including phenoxy) is 1. The molecule has 3 aromatic heterocycles. The van der Waals surface area contributed by atoms with Gasteiger partial charge >= 0.3 is 5.97 Å². The lowest BCUT2D eigenvalue weighted by Crippen LogP contribution is -2.11. The van der Waals surface area contributed by atoms with E-state index in [1.807, 2.05) is 83.6 Å². The summed E-state index contributed by atoms with van der Waals surface area (Å²) in [5, 5.41) is 5.51. The molecule has 0 amide bonds. The van der Waals surface area contributed by atoms with Crippen LogP contribution >= 0.6 is 11.3 Å². The number of pyridine rings is 1. The second kappa shape index (κ2) is 9.30. The molecule has 164 valence electrons. The Morgan fingerprint density at radius 2 is 1.85 bits per heavy atom. The first-order valence-electron chi connectivity index (χ1n) is 10.8. The number of rotatable bonds is 7. The van der Waals surface area contributed by atoms with Crippen LogP contribution in [-0.2, 0) is 17.8 Å². The molecule has 0 saturated carbocycles. The number of anilines is 1. The molecule has 1 N–H and O–H groups in total. The molecule has 3 heterocycles. The first-order chi connectivity index (χ1) is 16.2. The number of carbonyl (C=O) groups is 1. The van der Waals surface area contributed by atoms with E-state index in [0.29, 0.717) is 12.3 Å². The van der Waals surface area contributed by atoms with Crippen molar-refractivity contribution in [3.05, 3.63) is 106 Å². The number of fused-ring (bicyclic) bond motifs is 1. The first kappa shape index (κ1) is 21.0. The van der Waals surface area contributed by atoms with Crippen LogP contribution in [-0.4, -0.2) is 15.4 Å². The van der Waals surface area contributed by atoms with Gasteiger partial charge in [-0.3, -0.25) is 9.20 Å². The van der Waals surface area contributed by atoms with Crippen LogP contribution in [0, 0.1) is 6.92 Å². The molecule has 5 aromatic rings. The average Bonchev–Trinajstić information content (AvgIpc) is 3.46. The van der Waals surface area contributed by atoms with Gasteiger partial charge in [-0.1, -0.05) is 48.5 Å². The highest BCUT2D eigenvalue weighted by atomic mass is 32.1. The van der Waals surface area contributed by atoms with Crippen molar-refractivity contribution in [2.24, 2.45) is 0 Å². The van der Waals surface area contributed by atoms with Crippen LogP contribution < -0.4 is 10.1 Å². The summed E-state index contributed by atoms with van der Waals surface area (Å²) >= 11 is 1.55. The Labute approximate surface area is 196 Å². The lowest BCUT2D eigenvalue weighted by molar-refractivity contribution is -0.133. The zero-order chi connectivity index (χ0) is 22.6. The van der Waals surface area contributed by atoms with E-state index in [9.17, 15) is 4.79 Å². The van der Waals surface area contributed by atoms with E-state index in [1.54, 1.807) is 11.3 Å². The molecule has 0 saturated heterocycles. The minimum atomic E-state index is -0.289. The second-order valence-electron chi connectivity index (χ2n) is 7.81. The molecule has 5 nitrogen and oxygen atoms in total. The van der Waals surface area contributed by atoms with Gasteiger partial charge in [0.2, 0.25) is 0 Å². The molecular weight excluding hydrogens is 430 g/mol. The SMILES string of the molecule is Cc1ccn2c(NCc3ccccc3)c(-c3ccccc3OC(=O)Cc3cccs3)nc2c1. The number of thiophene rings is 1. The lowest BCUT2D eigenvalue weighted by atomic mass is 10.1. The summed E-state index contributed by atoms with van der Waals surface area (Å²) in [4.78, 5) is 18.5. The van der Waals surface area contributed by atoms with Gasteiger partial charge in [-0.05, 0) is 53.8 Å². The molecule has 0 aliphatic rings. The molecular formula is C27H23N3O2S. The summed E-state index contributed by atoms with van der Waals surface area (Å²) < 4.78 is 7.84. The number of esters is 1. The van der Waals surface area contributed by atoms with E-state index in [0.717, 1.165) is 33.2 Å². The molecule has 5 rings (SSSR count). The number of para-hydroxylation sites is 1. The van der Waals surface area contributed by atoms with Gasteiger partial charge in [0.05, 0.1) is 6.42 Å². The van der Waals surface area contributed by atoms with Gasteiger partial charge in [-0.15, -0.1) is 11.3 Å². The highest BCUT2D eigenvalue weighted by molar-refractivity contribution is 7.10. The van der Waals surface area contributed by atoms with Crippen LogP contribution in [0.25, 0.3) is 16.9 Å². The van der Waals surface area contributed by atoms with Crippen molar-refractivity contribution in [2.75, 3.05) is 5.32 Å². The molecule has 0 spiro atoms. The number of nitrogens with zero attached hydrogens (tertiary/aromatic N) is 2. The molecule has 2 aromatic carbocycles. The minimum absolute atomic E-state index is 0.246. The molecule has 0 radical (unpaired) electrons. The quantitative estimate of drug-likeness (QED) is 0.238. The average molecular weight is 454 g/mol. The van der Waals surface area contributed by atoms with Gasteiger partial charge in [-0.25, -0.2) is 4.98 Å². The molecule has 0 unspecified atom stereocenters.